The van der Waals surface area contributed by atoms with Crippen molar-refractivity contribution in [2.24, 2.45) is 0 Å². The number of quaternary nitrogens is 1. The monoisotopic (exact) mass is 229 g/mol. The largest absolute Gasteiger partial charge is 0.550 e. The summed E-state index contributed by atoms with van der Waals surface area (Å²) in [6.07, 6.45) is 1.87. The Morgan fingerprint density at radius 2 is 1.94 bits per heavy atom. The van der Waals surface area contributed by atoms with Gasteiger partial charge >= 0.3 is 5.97 Å². The molecule has 0 rings (SSSR count). The number of aliphatic carboxylic acids is 1. The fourth-order valence-electron chi connectivity index (χ4n) is 1.28. The third kappa shape index (κ3) is 7.99. The van der Waals surface area contributed by atoms with Gasteiger partial charge in [0.25, 0.3) is 0 Å². The molecule has 0 aromatic heterocycles. The Kier molecular flexibility index (Phi) is 5.74. The molecular formula is C11H19NO4. The first-order chi connectivity index (χ1) is 7.24. The van der Waals surface area contributed by atoms with Crippen molar-refractivity contribution in [3.63, 3.8) is 0 Å². The van der Waals surface area contributed by atoms with Crippen LogP contribution < -0.4 is 5.11 Å². The summed E-state index contributed by atoms with van der Waals surface area (Å²) >= 11 is 0. The van der Waals surface area contributed by atoms with Crippen LogP contribution in [0.1, 0.15) is 13.3 Å². The normalized spacial score (nSPS) is 13.8. The molecule has 0 heterocycles. The molecule has 92 valence electrons. The van der Waals surface area contributed by atoms with Gasteiger partial charge in [-0.15, -0.1) is 0 Å². The maximum Gasteiger partial charge on any atom is 0.330 e. The molecule has 0 saturated heterocycles. The standard InChI is InChI=1S/C11H19NO4/c1-5-6-11(15)16-9(7-10(13)14)8-12(2,3)4/h5-6,9H,7-8H2,1-4H3. The van der Waals surface area contributed by atoms with E-state index in [1.165, 1.54) is 6.08 Å². The SMILES string of the molecule is CC=CC(=O)OC(CC(=O)[O-])C[N+](C)(C)C. The number of hydrogen-bond acceptors (Lipinski definition) is 4. The molecule has 0 aliphatic carbocycles. The number of carboxylic acids is 1. The first kappa shape index (κ1) is 14.6. The van der Waals surface area contributed by atoms with Gasteiger partial charge in [0, 0.05) is 18.5 Å². The summed E-state index contributed by atoms with van der Waals surface area (Å²) < 4.78 is 5.53. The van der Waals surface area contributed by atoms with Crippen LogP contribution in [0.5, 0.6) is 0 Å². The average Bonchev–Trinajstić information content (AvgIpc) is 1.98. The molecule has 5 heteroatoms. The molecule has 0 aliphatic rings. The van der Waals surface area contributed by atoms with E-state index < -0.39 is 18.0 Å². The summed E-state index contributed by atoms with van der Waals surface area (Å²) in [6, 6.07) is 0. The van der Waals surface area contributed by atoms with Crippen LogP contribution in [0.2, 0.25) is 0 Å². The van der Waals surface area contributed by atoms with Crippen LogP contribution >= 0.6 is 0 Å². The number of rotatable bonds is 6. The lowest BCUT2D eigenvalue weighted by Crippen LogP contribution is -2.45. The molecule has 0 aliphatic heterocycles. The maximum atomic E-state index is 11.2. The zero-order chi connectivity index (χ0) is 12.8. The minimum Gasteiger partial charge on any atom is -0.550 e. The Morgan fingerprint density at radius 3 is 2.31 bits per heavy atom. The van der Waals surface area contributed by atoms with Crippen LogP contribution in [0.15, 0.2) is 12.2 Å². The molecule has 0 radical (unpaired) electrons. The number of carbonyl (C=O) groups excluding carboxylic acids is 2. The van der Waals surface area contributed by atoms with Gasteiger partial charge in [0.2, 0.25) is 0 Å². The van der Waals surface area contributed by atoms with Gasteiger partial charge in [-0.1, -0.05) is 6.08 Å². The van der Waals surface area contributed by atoms with Gasteiger partial charge in [-0.25, -0.2) is 4.79 Å². The summed E-state index contributed by atoms with van der Waals surface area (Å²) in [5.74, 6) is -1.74. The number of allylic oxidation sites excluding steroid dienone is 1. The van der Waals surface area contributed by atoms with Crippen molar-refractivity contribution in [1.29, 1.82) is 0 Å². The van der Waals surface area contributed by atoms with E-state index in [0.29, 0.717) is 11.0 Å². The molecule has 1 atom stereocenters. The zero-order valence-corrected chi connectivity index (χ0v) is 10.2. The minimum atomic E-state index is -1.22. The number of carboxylic acid groups (broad SMARTS) is 1. The maximum absolute atomic E-state index is 11.2. The predicted molar refractivity (Wildman–Crippen MR) is 57.2 cm³/mol. The summed E-state index contributed by atoms with van der Waals surface area (Å²) in [5, 5.41) is 10.5. The van der Waals surface area contributed by atoms with Gasteiger partial charge in [0.15, 0.2) is 6.10 Å². The van der Waals surface area contributed by atoms with Crippen molar-refractivity contribution in [2.75, 3.05) is 27.7 Å². The van der Waals surface area contributed by atoms with Gasteiger partial charge < -0.3 is 19.1 Å². The highest BCUT2D eigenvalue weighted by atomic mass is 16.5. The fourth-order valence-corrected chi connectivity index (χ4v) is 1.28. The molecule has 0 amide bonds. The predicted octanol–water partition coefficient (Wildman–Crippen LogP) is -0.679. The average molecular weight is 229 g/mol. The molecule has 0 spiro atoms. The van der Waals surface area contributed by atoms with Gasteiger partial charge in [-0.3, -0.25) is 0 Å². The zero-order valence-electron chi connectivity index (χ0n) is 10.2. The second kappa shape index (κ2) is 6.27. The van der Waals surface area contributed by atoms with Gasteiger partial charge in [0.1, 0.15) is 6.54 Å². The van der Waals surface area contributed by atoms with E-state index in [2.05, 4.69) is 0 Å². The third-order valence-corrected chi connectivity index (χ3v) is 1.73. The summed E-state index contributed by atoms with van der Waals surface area (Å²) in [6.45, 7) is 2.12. The Balaban J connectivity index is 4.43. The van der Waals surface area contributed by atoms with Gasteiger partial charge in [-0.2, -0.15) is 0 Å². The lowest BCUT2D eigenvalue weighted by Gasteiger charge is -2.28. The highest BCUT2D eigenvalue weighted by molar-refractivity contribution is 5.82. The first-order valence-electron chi connectivity index (χ1n) is 5.08. The third-order valence-electron chi connectivity index (χ3n) is 1.73. The van der Waals surface area contributed by atoms with E-state index in [9.17, 15) is 14.7 Å². The molecule has 16 heavy (non-hydrogen) atoms. The molecule has 0 aromatic rings. The first-order valence-corrected chi connectivity index (χ1v) is 5.08. The molecule has 0 fully saturated rings. The van der Waals surface area contributed by atoms with E-state index in [0.717, 1.165) is 0 Å². The van der Waals surface area contributed by atoms with Crippen LogP contribution in [0.4, 0.5) is 0 Å². The Bertz CT molecular complexity index is 278. The van der Waals surface area contributed by atoms with Crippen molar-refractivity contribution in [2.45, 2.75) is 19.4 Å². The summed E-state index contributed by atoms with van der Waals surface area (Å²) in [4.78, 5) is 21.7. The van der Waals surface area contributed by atoms with Crippen molar-refractivity contribution in [3.05, 3.63) is 12.2 Å². The molecule has 0 aromatic carbocycles. The number of likely N-dealkylation sites (N-methyl/N-ethyl adjacent to an activating group) is 1. The van der Waals surface area contributed by atoms with E-state index in [-0.39, 0.29) is 6.42 Å². The smallest absolute Gasteiger partial charge is 0.330 e. The molecule has 5 nitrogen and oxygen atoms in total. The number of hydrogen-bond donors (Lipinski definition) is 0. The van der Waals surface area contributed by atoms with Crippen molar-refractivity contribution < 1.29 is 23.9 Å². The topological polar surface area (TPSA) is 66.4 Å². The van der Waals surface area contributed by atoms with Gasteiger partial charge in [-0.05, 0) is 6.92 Å². The van der Waals surface area contributed by atoms with E-state index >= 15 is 0 Å². The molecule has 1 unspecified atom stereocenters. The quantitative estimate of drug-likeness (QED) is 0.344. The Hall–Kier alpha value is -1.36. The lowest BCUT2D eigenvalue weighted by molar-refractivity contribution is -0.873. The molecule has 0 bridgehead atoms. The van der Waals surface area contributed by atoms with Crippen LogP contribution in [0, 0.1) is 0 Å². The number of carbonyl (C=O) groups is 2. The Morgan fingerprint density at radius 1 is 1.38 bits per heavy atom. The van der Waals surface area contributed by atoms with E-state index in [4.69, 9.17) is 4.74 Å². The Labute approximate surface area is 95.9 Å². The van der Waals surface area contributed by atoms with E-state index in [1.54, 1.807) is 13.0 Å². The molecule has 0 saturated carbocycles. The second-order valence-electron chi connectivity index (χ2n) is 4.61. The molecular weight excluding hydrogens is 210 g/mol. The van der Waals surface area contributed by atoms with Crippen molar-refractivity contribution >= 4 is 11.9 Å². The van der Waals surface area contributed by atoms with Gasteiger partial charge in [0.05, 0.1) is 21.1 Å². The van der Waals surface area contributed by atoms with Crippen LogP contribution in [-0.2, 0) is 14.3 Å². The summed E-state index contributed by atoms with van der Waals surface area (Å²) in [7, 11) is 5.68. The highest BCUT2D eigenvalue weighted by Crippen LogP contribution is 2.05. The minimum absolute atomic E-state index is 0.279. The number of esters is 1. The van der Waals surface area contributed by atoms with Crippen LogP contribution in [0.3, 0.4) is 0 Å². The number of ether oxygens (including phenoxy) is 1. The highest BCUT2D eigenvalue weighted by Gasteiger charge is 2.21. The van der Waals surface area contributed by atoms with Crippen LogP contribution in [0.25, 0.3) is 0 Å². The molecule has 0 N–H and O–H groups in total. The number of nitrogens with zero attached hydrogens (tertiary/aromatic N) is 1. The van der Waals surface area contributed by atoms with Crippen molar-refractivity contribution in [1.82, 2.24) is 0 Å². The lowest BCUT2D eigenvalue weighted by atomic mass is 10.2. The fraction of sp³-hybridized carbons (Fsp3) is 0.636. The van der Waals surface area contributed by atoms with Crippen molar-refractivity contribution in [3.8, 4) is 0 Å². The second-order valence-corrected chi connectivity index (χ2v) is 4.61. The van der Waals surface area contributed by atoms with Crippen LogP contribution in [-0.4, -0.2) is 50.2 Å². The summed E-state index contributed by atoms with van der Waals surface area (Å²) in [5.41, 5.74) is 0. The van der Waals surface area contributed by atoms with E-state index in [1.807, 2.05) is 21.1 Å².